The molecule has 2 atom stereocenters. The van der Waals surface area contributed by atoms with E-state index in [-0.39, 0.29) is 0 Å². The van der Waals surface area contributed by atoms with Crippen molar-refractivity contribution in [3.05, 3.63) is 0 Å². The molecule has 14 heavy (non-hydrogen) atoms. The van der Waals surface area contributed by atoms with Gasteiger partial charge in [0.2, 0.25) is 0 Å². The molecule has 0 aliphatic carbocycles. The monoisotopic (exact) mass is 198 g/mol. The molecule has 1 aliphatic heterocycles. The summed E-state index contributed by atoms with van der Waals surface area (Å²) in [6.07, 6.45) is -0.479. The van der Waals surface area contributed by atoms with Crippen LogP contribution in [0.1, 0.15) is 19.8 Å². The van der Waals surface area contributed by atoms with E-state index in [1.54, 1.807) is 11.0 Å². The molecule has 5 heteroatoms. The second kappa shape index (κ2) is 4.82. The van der Waals surface area contributed by atoms with Crippen molar-refractivity contribution >= 4 is 6.09 Å². The van der Waals surface area contributed by atoms with Crippen molar-refractivity contribution in [1.29, 1.82) is 5.26 Å². The zero-order chi connectivity index (χ0) is 10.6. The highest BCUT2D eigenvalue weighted by Gasteiger charge is 2.24. The molecule has 1 aliphatic rings. The summed E-state index contributed by atoms with van der Waals surface area (Å²) in [6.45, 7) is 2.91. The SMILES string of the molecule is C[C@H](OC(=O)N1CCCC1)C(O)C#N. The molecule has 1 amide bonds. The maximum Gasteiger partial charge on any atom is 0.410 e. The van der Waals surface area contributed by atoms with Gasteiger partial charge in [-0.05, 0) is 19.8 Å². The maximum absolute atomic E-state index is 11.4. The Bertz CT molecular complexity index is 243. The van der Waals surface area contributed by atoms with E-state index in [1.807, 2.05) is 0 Å². The minimum atomic E-state index is -1.25. The summed E-state index contributed by atoms with van der Waals surface area (Å²) in [5, 5.41) is 17.4. The Hall–Kier alpha value is -1.28. The number of hydrogen-bond donors (Lipinski definition) is 1. The summed E-state index contributed by atoms with van der Waals surface area (Å²) in [7, 11) is 0. The second-order valence-electron chi connectivity index (χ2n) is 3.36. The molecule has 1 heterocycles. The molecule has 0 aromatic heterocycles. The predicted octanol–water partition coefficient (Wildman–Crippen LogP) is 0.492. The Morgan fingerprint density at radius 1 is 1.57 bits per heavy atom. The molecule has 0 spiro atoms. The molecule has 0 aromatic rings. The topological polar surface area (TPSA) is 73.6 Å². The zero-order valence-corrected chi connectivity index (χ0v) is 8.14. The molecule has 1 saturated heterocycles. The summed E-state index contributed by atoms with van der Waals surface area (Å²) < 4.78 is 4.90. The Labute approximate surface area is 82.9 Å². The first-order valence-electron chi connectivity index (χ1n) is 4.68. The van der Waals surface area contributed by atoms with Gasteiger partial charge in [-0.15, -0.1) is 0 Å². The summed E-state index contributed by atoms with van der Waals surface area (Å²) in [6, 6.07) is 1.62. The minimum Gasteiger partial charge on any atom is -0.442 e. The van der Waals surface area contributed by atoms with Gasteiger partial charge >= 0.3 is 6.09 Å². The molecule has 0 bridgehead atoms. The van der Waals surface area contributed by atoms with Crippen LogP contribution in [0.5, 0.6) is 0 Å². The molecular formula is C9H14N2O3. The summed E-state index contributed by atoms with van der Waals surface area (Å²) in [5.41, 5.74) is 0. The fraction of sp³-hybridized carbons (Fsp3) is 0.778. The van der Waals surface area contributed by atoms with Crippen LogP contribution in [0.25, 0.3) is 0 Å². The Morgan fingerprint density at radius 2 is 2.14 bits per heavy atom. The van der Waals surface area contributed by atoms with Gasteiger partial charge in [-0.3, -0.25) is 0 Å². The number of aliphatic hydroxyl groups is 1. The summed E-state index contributed by atoms with van der Waals surface area (Å²) >= 11 is 0. The molecular weight excluding hydrogens is 184 g/mol. The van der Waals surface area contributed by atoms with Gasteiger partial charge in [0, 0.05) is 13.1 Å². The van der Waals surface area contributed by atoms with E-state index in [4.69, 9.17) is 15.1 Å². The number of aliphatic hydroxyl groups excluding tert-OH is 1. The van der Waals surface area contributed by atoms with Gasteiger partial charge in [0.05, 0.1) is 6.07 Å². The molecule has 0 saturated carbocycles. The van der Waals surface area contributed by atoms with E-state index in [0.717, 1.165) is 12.8 Å². The number of nitriles is 1. The lowest BCUT2D eigenvalue weighted by molar-refractivity contribution is 0.0226. The van der Waals surface area contributed by atoms with E-state index in [2.05, 4.69) is 0 Å². The quantitative estimate of drug-likeness (QED) is 0.655. The molecule has 0 aromatic carbocycles. The average molecular weight is 198 g/mol. The van der Waals surface area contributed by atoms with E-state index in [1.165, 1.54) is 6.92 Å². The van der Waals surface area contributed by atoms with Crippen LogP contribution in [-0.4, -0.2) is 41.4 Å². The van der Waals surface area contributed by atoms with Crippen molar-refractivity contribution in [2.45, 2.75) is 32.0 Å². The van der Waals surface area contributed by atoms with Crippen LogP contribution in [0.2, 0.25) is 0 Å². The lowest BCUT2D eigenvalue weighted by atomic mass is 10.2. The number of rotatable bonds is 2. The van der Waals surface area contributed by atoms with Crippen molar-refractivity contribution in [2.24, 2.45) is 0 Å². The van der Waals surface area contributed by atoms with E-state index >= 15 is 0 Å². The molecule has 78 valence electrons. The van der Waals surface area contributed by atoms with Gasteiger partial charge in [0.1, 0.15) is 6.10 Å². The molecule has 1 rings (SSSR count). The van der Waals surface area contributed by atoms with Crippen LogP contribution in [0, 0.1) is 11.3 Å². The summed E-state index contributed by atoms with van der Waals surface area (Å²) in [5.74, 6) is 0. The molecule has 5 nitrogen and oxygen atoms in total. The Balaban J connectivity index is 2.36. The molecule has 0 radical (unpaired) electrons. The lowest BCUT2D eigenvalue weighted by Gasteiger charge is -2.19. The van der Waals surface area contributed by atoms with E-state index in [9.17, 15) is 4.79 Å². The van der Waals surface area contributed by atoms with Crippen molar-refractivity contribution in [3.63, 3.8) is 0 Å². The van der Waals surface area contributed by atoms with Crippen molar-refractivity contribution in [1.82, 2.24) is 4.90 Å². The van der Waals surface area contributed by atoms with Crippen LogP contribution < -0.4 is 0 Å². The first kappa shape index (κ1) is 10.8. The third-order valence-corrected chi connectivity index (χ3v) is 2.23. The lowest BCUT2D eigenvalue weighted by Crippen LogP contribution is -2.35. The first-order valence-corrected chi connectivity index (χ1v) is 4.68. The number of amides is 1. The van der Waals surface area contributed by atoms with Crippen LogP contribution in [0.4, 0.5) is 4.79 Å². The van der Waals surface area contributed by atoms with Gasteiger partial charge in [-0.25, -0.2) is 4.79 Å². The fourth-order valence-electron chi connectivity index (χ4n) is 1.30. The number of nitrogens with zero attached hydrogens (tertiary/aromatic N) is 2. The van der Waals surface area contributed by atoms with Crippen LogP contribution >= 0.6 is 0 Å². The molecule has 1 fully saturated rings. The third kappa shape index (κ3) is 2.60. The van der Waals surface area contributed by atoms with Crippen LogP contribution in [0.15, 0.2) is 0 Å². The van der Waals surface area contributed by atoms with Crippen molar-refractivity contribution in [2.75, 3.05) is 13.1 Å². The van der Waals surface area contributed by atoms with Gasteiger partial charge in [-0.2, -0.15) is 5.26 Å². The highest BCUT2D eigenvalue weighted by Crippen LogP contribution is 2.10. The van der Waals surface area contributed by atoms with Gasteiger partial charge < -0.3 is 14.7 Å². The molecule has 1 unspecified atom stereocenters. The zero-order valence-electron chi connectivity index (χ0n) is 8.14. The van der Waals surface area contributed by atoms with Crippen LogP contribution in [-0.2, 0) is 4.74 Å². The Kier molecular flexibility index (Phi) is 3.72. The van der Waals surface area contributed by atoms with E-state index in [0.29, 0.717) is 13.1 Å². The second-order valence-corrected chi connectivity index (χ2v) is 3.36. The maximum atomic E-state index is 11.4. The molecule has 1 N–H and O–H groups in total. The number of likely N-dealkylation sites (tertiary alicyclic amines) is 1. The number of carbonyl (C=O) groups excluding carboxylic acids is 1. The van der Waals surface area contributed by atoms with Crippen molar-refractivity contribution in [3.8, 4) is 6.07 Å². The highest BCUT2D eigenvalue weighted by molar-refractivity contribution is 5.68. The first-order chi connectivity index (χ1) is 6.65. The predicted molar refractivity (Wildman–Crippen MR) is 48.4 cm³/mol. The largest absolute Gasteiger partial charge is 0.442 e. The number of hydrogen-bond acceptors (Lipinski definition) is 4. The minimum absolute atomic E-state index is 0.440. The highest BCUT2D eigenvalue weighted by atomic mass is 16.6. The Morgan fingerprint density at radius 3 is 2.64 bits per heavy atom. The van der Waals surface area contributed by atoms with Gasteiger partial charge in [-0.1, -0.05) is 0 Å². The fourth-order valence-corrected chi connectivity index (χ4v) is 1.30. The third-order valence-electron chi connectivity index (χ3n) is 2.23. The normalized spacial score (nSPS) is 19.9. The number of ether oxygens (including phenoxy) is 1. The van der Waals surface area contributed by atoms with Crippen molar-refractivity contribution < 1.29 is 14.6 Å². The number of carbonyl (C=O) groups is 1. The van der Waals surface area contributed by atoms with E-state index < -0.39 is 18.3 Å². The standard InChI is InChI=1S/C9H14N2O3/c1-7(8(12)6-10)14-9(13)11-4-2-3-5-11/h7-8,12H,2-5H2,1H3/t7-,8?/m0/s1. The van der Waals surface area contributed by atoms with Crippen LogP contribution in [0.3, 0.4) is 0 Å². The van der Waals surface area contributed by atoms with Gasteiger partial charge in [0.25, 0.3) is 0 Å². The van der Waals surface area contributed by atoms with Gasteiger partial charge in [0.15, 0.2) is 6.10 Å². The summed E-state index contributed by atoms with van der Waals surface area (Å²) in [4.78, 5) is 12.9. The smallest absolute Gasteiger partial charge is 0.410 e. The average Bonchev–Trinajstić information content (AvgIpc) is 2.69.